The molecule has 0 aliphatic carbocycles. The topological polar surface area (TPSA) is 28.2 Å². The van der Waals surface area contributed by atoms with Crippen LogP contribution in [0.5, 0.6) is 0 Å². The third-order valence-corrected chi connectivity index (χ3v) is 2.28. The second-order valence-electron chi connectivity index (χ2n) is 3.29. The molecule has 0 radical (unpaired) electrons. The van der Waals surface area contributed by atoms with Crippen LogP contribution in [0.4, 0.5) is 11.5 Å². The molecular formula is C10H15N3. The first-order valence-corrected chi connectivity index (χ1v) is 4.85. The molecule has 0 saturated carbocycles. The molecule has 3 nitrogen and oxygen atoms in total. The Morgan fingerprint density at radius 2 is 2.54 bits per heavy atom. The van der Waals surface area contributed by atoms with E-state index in [9.17, 15) is 0 Å². The zero-order chi connectivity index (χ0) is 9.10. The Kier molecular flexibility index (Phi) is 2.34. The molecule has 1 aromatic rings. The number of nitrogens with zero attached hydrogens (tertiary/aromatic N) is 2. The Labute approximate surface area is 78.8 Å². The average molecular weight is 177 g/mol. The van der Waals surface area contributed by atoms with E-state index in [1.165, 1.54) is 12.1 Å². The lowest BCUT2D eigenvalue weighted by Crippen LogP contribution is -2.35. The fourth-order valence-electron chi connectivity index (χ4n) is 1.71. The maximum atomic E-state index is 4.38. The molecule has 0 unspecified atom stereocenters. The predicted octanol–water partition coefficient (Wildman–Crippen LogP) is 1.72. The van der Waals surface area contributed by atoms with Gasteiger partial charge in [-0.15, -0.1) is 0 Å². The molecule has 0 amide bonds. The molecule has 0 spiro atoms. The van der Waals surface area contributed by atoms with Crippen molar-refractivity contribution in [3.63, 3.8) is 0 Å². The number of anilines is 2. The SMILES string of the molecule is CCCN1CCNc2cccnc21. The molecular weight excluding hydrogens is 162 g/mol. The van der Waals surface area contributed by atoms with Crippen LogP contribution in [0.25, 0.3) is 0 Å². The van der Waals surface area contributed by atoms with Gasteiger partial charge in [0.15, 0.2) is 5.82 Å². The van der Waals surface area contributed by atoms with Crippen molar-refractivity contribution in [1.82, 2.24) is 4.98 Å². The number of nitrogens with one attached hydrogen (secondary N) is 1. The molecule has 1 aliphatic rings. The van der Waals surface area contributed by atoms with Gasteiger partial charge in [0, 0.05) is 25.8 Å². The van der Waals surface area contributed by atoms with E-state index in [1.54, 1.807) is 0 Å². The van der Waals surface area contributed by atoms with Crippen molar-refractivity contribution in [3.8, 4) is 0 Å². The van der Waals surface area contributed by atoms with Crippen LogP contribution in [0.1, 0.15) is 13.3 Å². The van der Waals surface area contributed by atoms with Crippen LogP contribution in [0.2, 0.25) is 0 Å². The standard InChI is InChI=1S/C10H15N3/c1-2-7-13-8-6-11-9-4-3-5-12-10(9)13/h3-5,11H,2,6-8H2,1H3. The summed E-state index contributed by atoms with van der Waals surface area (Å²) >= 11 is 0. The fourth-order valence-corrected chi connectivity index (χ4v) is 1.71. The lowest BCUT2D eigenvalue weighted by Gasteiger charge is -2.30. The predicted molar refractivity (Wildman–Crippen MR) is 55.2 cm³/mol. The highest BCUT2D eigenvalue weighted by Crippen LogP contribution is 2.25. The summed E-state index contributed by atoms with van der Waals surface area (Å²) in [7, 11) is 0. The Hall–Kier alpha value is -1.25. The molecule has 2 heterocycles. The number of hydrogen-bond acceptors (Lipinski definition) is 3. The maximum absolute atomic E-state index is 4.38. The van der Waals surface area contributed by atoms with E-state index in [0.29, 0.717) is 0 Å². The Morgan fingerprint density at radius 3 is 3.38 bits per heavy atom. The maximum Gasteiger partial charge on any atom is 0.152 e. The molecule has 70 valence electrons. The van der Waals surface area contributed by atoms with Crippen molar-refractivity contribution >= 4 is 11.5 Å². The van der Waals surface area contributed by atoms with Crippen LogP contribution in [-0.4, -0.2) is 24.6 Å². The first kappa shape index (κ1) is 8.35. The highest BCUT2D eigenvalue weighted by molar-refractivity contribution is 5.67. The molecule has 0 fully saturated rings. The first-order valence-electron chi connectivity index (χ1n) is 4.85. The molecule has 0 bridgehead atoms. The minimum Gasteiger partial charge on any atom is -0.380 e. The van der Waals surface area contributed by atoms with Gasteiger partial charge >= 0.3 is 0 Å². The number of hydrogen-bond donors (Lipinski definition) is 1. The van der Waals surface area contributed by atoms with Gasteiger partial charge in [-0.1, -0.05) is 6.92 Å². The lowest BCUT2D eigenvalue weighted by atomic mass is 10.2. The Balaban J connectivity index is 2.26. The summed E-state index contributed by atoms with van der Waals surface area (Å²) in [5.74, 6) is 1.11. The molecule has 13 heavy (non-hydrogen) atoms. The van der Waals surface area contributed by atoms with E-state index in [0.717, 1.165) is 25.5 Å². The highest BCUT2D eigenvalue weighted by atomic mass is 15.2. The average Bonchev–Trinajstić information content (AvgIpc) is 2.19. The van der Waals surface area contributed by atoms with Crippen LogP contribution < -0.4 is 10.2 Å². The van der Waals surface area contributed by atoms with E-state index in [2.05, 4.69) is 28.2 Å². The summed E-state index contributed by atoms with van der Waals surface area (Å²) < 4.78 is 0. The van der Waals surface area contributed by atoms with Crippen LogP contribution in [0.15, 0.2) is 18.3 Å². The van der Waals surface area contributed by atoms with Gasteiger partial charge in [0.2, 0.25) is 0 Å². The molecule has 0 saturated heterocycles. The van der Waals surface area contributed by atoms with E-state index < -0.39 is 0 Å². The van der Waals surface area contributed by atoms with Crippen LogP contribution in [-0.2, 0) is 0 Å². The molecule has 0 aromatic carbocycles. The zero-order valence-electron chi connectivity index (χ0n) is 7.95. The van der Waals surface area contributed by atoms with Crippen molar-refractivity contribution in [2.75, 3.05) is 29.9 Å². The Morgan fingerprint density at radius 1 is 1.62 bits per heavy atom. The largest absolute Gasteiger partial charge is 0.380 e. The summed E-state index contributed by atoms with van der Waals surface area (Å²) in [6, 6.07) is 4.06. The molecule has 2 rings (SSSR count). The summed E-state index contributed by atoms with van der Waals surface area (Å²) in [6.07, 6.45) is 3.03. The smallest absolute Gasteiger partial charge is 0.152 e. The quantitative estimate of drug-likeness (QED) is 0.745. The van der Waals surface area contributed by atoms with Crippen LogP contribution >= 0.6 is 0 Å². The fraction of sp³-hybridized carbons (Fsp3) is 0.500. The van der Waals surface area contributed by atoms with E-state index in [1.807, 2.05) is 12.3 Å². The van der Waals surface area contributed by atoms with E-state index in [4.69, 9.17) is 0 Å². The normalized spacial score (nSPS) is 15.0. The summed E-state index contributed by atoms with van der Waals surface area (Å²) in [5, 5.41) is 3.35. The van der Waals surface area contributed by atoms with Crippen molar-refractivity contribution in [1.29, 1.82) is 0 Å². The molecule has 1 aromatic heterocycles. The second-order valence-corrected chi connectivity index (χ2v) is 3.29. The van der Waals surface area contributed by atoms with E-state index in [-0.39, 0.29) is 0 Å². The third-order valence-electron chi connectivity index (χ3n) is 2.28. The van der Waals surface area contributed by atoms with Crippen molar-refractivity contribution < 1.29 is 0 Å². The third kappa shape index (κ3) is 1.59. The number of pyridine rings is 1. The number of aromatic nitrogens is 1. The first-order chi connectivity index (χ1) is 6.42. The van der Waals surface area contributed by atoms with Gasteiger partial charge in [0.1, 0.15) is 0 Å². The van der Waals surface area contributed by atoms with Crippen molar-refractivity contribution in [3.05, 3.63) is 18.3 Å². The summed E-state index contributed by atoms with van der Waals surface area (Å²) in [5.41, 5.74) is 1.17. The number of rotatable bonds is 2. The molecule has 3 heteroatoms. The van der Waals surface area contributed by atoms with Crippen LogP contribution in [0.3, 0.4) is 0 Å². The van der Waals surface area contributed by atoms with Gasteiger partial charge in [-0.05, 0) is 18.6 Å². The summed E-state index contributed by atoms with van der Waals surface area (Å²) in [4.78, 5) is 6.72. The minimum absolute atomic E-state index is 1.03. The zero-order valence-corrected chi connectivity index (χ0v) is 7.95. The van der Waals surface area contributed by atoms with Gasteiger partial charge in [0.05, 0.1) is 5.69 Å². The Bertz CT molecular complexity index is 285. The van der Waals surface area contributed by atoms with E-state index >= 15 is 0 Å². The van der Waals surface area contributed by atoms with Gasteiger partial charge in [-0.2, -0.15) is 0 Å². The van der Waals surface area contributed by atoms with Crippen LogP contribution in [0, 0.1) is 0 Å². The van der Waals surface area contributed by atoms with Gasteiger partial charge in [-0.25, -0.2) is 4.98 Å². The minimum atomic E-state index is 1.03. The lowest BCUT2D eigenvalue weighted by molar-refractivity contribution is 0.746. The second kappa shape index (κ2) is 3.64. The van der Waals surface area contributed by atoms with Gasteiger partial charge < -0.3 is 10.2 Å². The molecule has 1 N–H and O–H groups in total. The summed E-state index contributed by atoms with van der Waals surface area (Å²) in [6.45, 7) is 5.40. The monoisotopic (exact) mass is 177 g/mol. The van der Waals surface area contributed by atoms with Crippen molar-refractivity contribution in [2.24, 2.45) is 0 Å². The molecule has 1 aliphatic heterocycles. The molecule has 0 atom stereocenters. The van der Waals surface area contributed by atoms with Gasteiger partial charge in [-0.3, -0.25) is 0 Å². The van der Waals surface area contributed by atoms with Crippen molar-refractivity contribution in [2.45, 2.75) is 13.3 Å². The number of fused-ring (bicyclic) bond motifs is 1. The highest BCUT2D eigenvalue weighted by Gasteiger charge is 2.15. The van der Waals surface area contributed by atoms with Gasteiger partial charge in [0.25, 0.3) is 0 Å².